The Kier molecular flexibility index (Phi) is 28.2. The molecular weight excluding hydrogens is 1600 g/mol. The Balaban J connectivity index is 0.000000161. The molecule has 16 rings (SSSR count). The van der Waals surface area contributed by atoms with Gasteiger partial charge in [-0.25, -0.2) is 9.13 Å². The smallest absolute Gasteiger partial charge is 0.222 e. The summed E-state index contributed by atoms with van der Waals surface area (Å²) < 4.78 is 112. The number of fused-ring (bicyclic) bond motifs is 5. The summed E-state index contributed by atoms with van der Waals surface area (Å²) in [7, 11) is 9.82. The Morgan fingerprint density at radius 3 is 1.01 bits per heavy atom. The van der Waals surface area contributed by atoms with Crippen molar-refractivity contribution < 1.29 is 39.3 Å². The molecule has 0 radical (unpaired) electrons. The van der Waals surface area contributed by atoms with Gasteiger partial charge in [-0.05, 0) is 331 Å². The van der Waals surface area contributed by atoms with E-state index in [-0.39, 0.29) is 24.4 Å². The summed E-state index contributed by atoms with van der Waals surface area (Å²) in [5, 5.41) is 9.95. The average Bonchev–Trinajstić information content (AvgIpc) is 0.746. The predicted octanol–water partition coefficient (Wildman–Crippen LogP) is 31.4. The van der Waals surface area contributed by atoms with Gasteiger partial charge in [-0.1, -0.05) is 188 Å². The second kappa shape index (κ2) is 44.7. The highest BCUT2D eigenvalue weighted by molar-refractivity contribution is 5.99. The average molecular weight is 1770 g/mol. The van der Waals surface area contributed by atoms with E-state index in [0.717, 1.165) is 213 Å². The van der Waals surface area contributed by atoms with Crippen molar-refractivity contribution in [3.63, 3.8) is 0 Å². The van der Waals surface area contributed by atoms with Crippen molar-refractivity contribution in [3.05, 3.63) is 332 Å². The van der Waals surface area contributed by atoms with Crippen LogP contribution in [0, 0.1) is 69.2 Å². The van der Waals surface area contributed by atoms with Crippen molar-refractivity contribution in [2.24, 2.45) is 35.2 Å². The molecule has 0 aliphatic carbocycles. The molecular formula is C124H153N8+5. The van der Waals surface area contributed by atoms with Gasteiger partial charge in [-0.3, -0.25) is 15.0 Å². The first-order valence-electron chi connectivity index (χ1n) is 54.4. The zero-order chi connectivity index (χ0) is 106. The summed E-state index contributed by atoms with van der Waals surface area (Å²) in [5.74, 6) is 0.0514. The van der Waals surface area contributed by atoms with Crippen molar-refractivity contribution in [2.75, 3.05) is 0 Å². The molecule has 0 aliphatic rings. The van der Waals surface area contributed by atoms with E-state index in [1.165, 1.54) is 68.4 Å². The van der Waals surface area contributed by atoms with Gasteiger partial charge in [0.1, 0.15) is 38.0 Å². The Bertz CT molecular complexity index is 7290. The summed E-state index contributed by atoms with van der Waals surface area (Å²) in [6.07, 6.45) is 22.4. The van der Waals surface area contributed by atoms with Gasteiger partial charge >= 0.3 is 0 Å². The summed E-state index contributed by atoms with van der Waals surface area (Å²) in [5.41, 5.74) is 31.3. The van der Waals surface area contributed by atoms with Crippen molar-refractivity contribution >= 4 is 53.9 Å². The van der Waals surface area contributed by atoms with E-state index in [2.05, 4.69) is 275 Å². The van der Waals surface area contributed by atoms with Crippen LogP contribution in [-0.2, 0) is 35.2 Å². The SMILES string of the molecule is [2H]c1c(C)[n+](C)c(-c2cc(-c3cccnc3)ccc2C)c2ccc(C(CC)CC)cc12.[2H]c1c(C)[n+](C)c(-c2ccncc2C)c2ccc(C(CC)CC)cc12.[2H]c1c(C)[n+](C)c(-c2cnccc2C)c2ccc(C(CC)CC)cc12.[2H]c1c([2H])[n+](C)c(-c2cc(C([2H])(C)C([2H])([2H])[2H])cc(C)c2C)c2ccc(C(CC)CC)cc12.[2H]c1c([2H])[n+](C)c(-c2cc(C([2H])(C)C)cc(C)c2C)c2ccc(C(CC)CC)cc12. The number of aryl methyl sites for hydroxylation is 5. The lowest BCUT2D eigenvalue weighted by atomic mass is 9.89. The van der Waals surface area contributed by atoms with Crippen LogP contribution in [0.25, 0.3) is 121 Å². The quantitative estimate of drug-likeness (QED) is 0.0600. The fraction of sp³-hybridized carbons (Fsp3) is 0.371. The second-order valence-corrected chi connectivity index (χ2v) is 36.9. The molecule has 0 aliphatic heterocycles. The summed E-state index contributed by atoms with van der Waals surface area (Å²) >= 11 is 0. The molecule has 1 atom stereocenters. The van der Waals surface area contributed by atoms with Crippen LogP contribution < -0.4 is 22.8 Å². The van der Waals surface area contributed by atoms with E-state index in [9.17, 15) is 0 Å². The highest BCUT2D eigenvalue weighted by Gasteiger charge is 2.28. The molecule has 0 amide bonds. The first-order chi connectivity index (χ1) is 68.2. The number of pyridine rings is 8. The van der Waals surface area contributed by atoms with E-state index in [1.807, 2.05) is 115 Å². The van der Waals surface area contributed by atoms with Gasteiger partial charge in [-0.15, -0.1) is 0 Å². The third-order valence-electron chi connectivity index (χ3n) is 28.5. The normalized spacial score (nSPS) is 13.5. The van der Waals surface area contributed by atoms with Crippen LogP contribution in [0.5, 0.6) is 0 Å². The number of benzene rings is 8. The van der Waals surface area contributed by atoms with Crippen LogP contribution >= 0.6 is 0 Å². The first-order valence-corrected chi connectivity index (χ1v) is 48.4. The molecule has 0 bridgehead atoms. The van der Waals surface area contributed by atoms with Gasteiger partial charge in [0.05, 0.1) is 61.6 Å². The van der Waals surface area contributed by atoms with E-state index >= 15 is 0 Å². The van der Waals surface area contributed by atoms with E-state index in [4.69, 9.17) is 16.4 Å². The minimum absolute atomic E-state index is 0.103. The number of nitrogens with zero attached hydrogens (tertiary/aromatic N) is 8. The maximum absolute atomic E-state index is 8.84. The fourth-order valence-corrected chi connectivity index (χ4v) is 19.5. The van der Waals surface area contributed by atoms with Crippen molar-refractivity contribution in [1.82, 2.24) is 15.0 Å². The first kappa shape index (κ1) is 83.3. The van der Waals surface area contributed by atoms with Gasteiger partial charge in [0, 0.05) is 101 Å². The third-order valence-corrected chi connectivity index (χ3v) is 28.5. The largest absolute Gasteiger partial charge is 0.264 e. The lowest BCUT2D eigenvalue weighted by Gasteiger charge is -2.16. The minimum Gasteiger partial charge on any atom is -0.264 e. The molecule has 684 valence electrons. The molecule has 8 nitrogen and oxygen atoms in total. The van der Waals surface area contributed by atoms with Crippen LogP contribution in [0.1, 0.15) is 314 Å². The van der Waals surface area contributed by atoms with Crippen molar-refractivity contribution in [2.45, 2.75) is 272 Å². The van der Waals surface area contributed by atoms with Gasteiger partial charge in [0.15, 0.2) is 29.4 Å². The topological polar surface area (TPSA) is 58.1 Å². The molecule has 0 fully saturated rings. The number of aromatic nitrogens is 8. The minimum atomic E-state index is -2.48. The molecule has 8 heterocycles. The molecule has 8 aromatic heterocycles. The molecule has 8 heteroatoms. The van der Waals surface area contributed by atoms with Crippen LogP contribution in [0.4, 0.5) is 0 Å². The summed E-state index contributed by atoms with van der Waals surface area (Å²) in [6, 6.07) is 57.6. The molecule has 1 unspecified atom stereocenters. The van der Waals surface area contributed by atoms with Crippen LogP contribution in [-0.4, -0.2) is 15.0 Å². The lowest BCUT2D eigenvalue weighted by Crippen LogP contribution is -2.35. The molecule has 0 N–H and O–H groups in total. The Morgan fingerprint density at radius 1 is 0.295 bits per heavy atom. The Labute approximate surface area is 810 Å². The van der Waals surface area contributed by atoms with Gasteiger partial charge in [-0.2, -0.15) is 13.7 Å². The maximum Gasteiger partial charge on any atom is 0.222 e. The summed E-state index contributed by atoms with van der Waals surface area (Å²) in [4.78, 5) is 12.9. The standard InChI is InChI=1S/C28H31N2.2C26H34N.2C22H27N2/c1-6-21(7-2)22-12-13-26-25(16-22)15-20(4)30(5)28(26)27-17-23(11-10-19(27)3)24-9-8-14-29-18-24;2*1-8-20(9-2)21-10-11-24-22(15-21)12-13-27(7)26(24)25-16-23(17(3)4)14-18(5)19(25)6;1-6-17(7-2)18-8-9-21-19(13-18)12-16(4)24(5)22(21)20-10-11-23-14-15(20)3;1-6-17(7-2)18-8-9-20-19(13-18)12-16(4)24(5)22(20)21-14-23-11-10-15(21)3/h8-18,21H,6-7H2,1-5H3;2*10-17,20H,8-9H2,1-7H3;2*8-14,17H,6-7H2,1-5H3/q5*+1/i15D;3D3,12D,13D,17D;12D,13D,17D;2*12D. The van der Waals surface area contributed by atoms with E-state index in [1.54, 1.807) is 29.9 Å². The fourth-order valence-electron chi connectivity index (χ4n) is 19.5. The second-order valence-electron chi connectivity index (χ2n) is 36.9. The van der Waals surface area contributed by atoms with E-state index in [0.29, 0.717) is 53.3 Å². The predicted molar refractivity (Wildman–Crippen MR) is 564 cm³/mol. The summed E-state index contributed by atoms with van der Waals surface area (Å²) in [6.45, 7) is 45.5. The third kappa shape index (κ3) is 21.6. The number of hydrogen-bond donors (Lipinski definition) is 0. The van der Waals surface area contributed by atoms with Crippen LogP contribution in [0.15, 0.2) is 237 Å². The van der Waals surface area contributed by atoms with E-state index < -0.39 is 18.6 Å². The molecule has 132 heavy (non-hydrogen) atoms. The Morgan fingerprint density at radius 2 is 0.644 bits per heavy atom. The van der Waals surface area contributed by atoms with Crippen molar-refractivity contribution in [1.29, 1.82) is 0 Å². The molecule has 8 aromatic carbocycles. The lowest BCUT2D eigenvalue weighted by molar-refractivity contribution is -0.665. The number of rotatable bonds is 23. The molecule has 0 saturated heterocycles. The van der Waals surface area contributed by atoms with Gasteiger partial charge < -0.3 is 0 Å². The monoisotopic (exact) mass is 1770 g/mol. The molecule has 0 saturated carbocycles. The highest BCUT2D eigenvalue weighted by Crippen LogP contribution is 2.42. The maximum atomic E-state index is 8.84. The Hall–Kier alpha value is -11.7. The zero-order valence-corrected chi connectivity index (χ0v) is 84.5. The molecule has 16 aromatic rings. The van der Waals surface area contributed by atoms with Crippen LogP contribution in [0.3, 0.4) is 0 Å². The van der Waals surface area contributed by atoms with Gasteiger partial charge in [0.25, 0.3) is 0 Å². The zero-order valence-electron chi connectivity index (χ0n) is 96.5. The van der Waals surface area contributed by atoms with Crippen molar-refractivity contribution in [3.8, 4) is 67.4 Å². The van der Waals surface area contributed by atoms with Gasteiger partial charge in [0.2, 0.25) is 28.5 Å². The number of hydrogen-bond acceptors (Lipinski definition) is 3. The molecule has 0 spiro atoms. The highest BCUT2D eigenvalue weighted by atomic mass is 15.0. The van der Waals surface area contributed by atoms with Crippen LogP contribution in [0.2, 0.25) is 0 Å².